The van der Waals surface area contributed by atoms with Gasteiger partial charge in [0.15, 0.2) is 0 Å². The molecule has 0 spiro atoms. The summed E-state index contributed by atoms with van der Waals surface area (Å²) in [7, 11) is 2.01. The van der Waals surface area contributed by atoms with Gasteiger partial charge in [-0.25, -0.2) is 0 Å². The second-order valence-corrected chi connectivity index (χ2v) is 5.11. The molecular formula is C16H22N2O. The quantitative estimate of drug-likeness (QED) is 0.832. The highest BCUT2D eigenvalue weighted by molar-refractivity contribution is 5.16. The summed E-state index contributed by atoms with van der Waals surface area (Å²) in [5.74, 6) is 0. The van der Waals surface area contributed by atoms with Gasteiger partial charge in [0.2, 0.25) is 0 Å². The van der Waals surface area contributed by atoms with E-state index in [1.54, 1.807) is 0 Å². The highest BCUT2D eigenvalue weighted by Gasteiger charge is 2.14. The van der Waals surface area contributed by atoms with Crippen molar-refractivity contribution in [3.63, 3.8) is 0 Å². The third kappa shape index (κ3) is 4.23. The Morgan fingerprint density at radius 1 is 1.16 bits per heavy atom. The molecule has 2 aromatic rings. The van der Waals surface area contributed by atoms with Crippen LogP contribution in [0.3, 0.4) is 0 Å². The van der Waals surface area contributed by atoms with Crippen molar-refractivity contribution in [2.45, 2.75) is 32.0 Å². The van der Waals surface area contributed by atoms with Crippen LogP contribution in [0.4, 0.5) is 0 Å². The van der Waals surface area contributed by atoms with E-state index < -0.39 is 0 Å². The van der Waals surface area contributed by atoms with Gasteiger partial charge in [-0.05, 0) is 30.5 Å². The number of nitrogens with one attached hydrogen (secondary N) is 1. The van der Waals surface area contributed by atoms with Crippen molar-refractivity contribution in [2.24, 2.45) is 7.05 Å². The fraction of sp³-hybridized carbons (Fsp3) is 0.375. The van der Waals surface area contributed by atoms with Gasteiger partial charge in [-0.1, -0.05) is 30.3 Å². The number of aliphatic hydroxyl groups excluding tert-OH is 1. The highest BCUT2D eigenvalue weighted by atomic mass is 16.3. The van der Waals surface area contributed by atoms with Crippen LogP contribution >= 0.6 is 0 Å². The van der Waals surface area contributed by atoms with Crippen LogP contribution in [0.15, 0.2) is 48.8 Å². The molecule has 1 aromatic carbocycles. The first-order valence-electron chi connectivity index (χ1n) is 6.71. The molecule has 2 N–H and O–H groups in total. The summed E-state index contributed by atoms with van der Waals surface area (Å²) in [4.78, 5) is 0. The average molecular weight is 258 g/mol. The number of rotatable bonds is 6. The first-order valence-corrected chi connectivity index (χ1v) is 6.71. The largest absolute Gasteiger partial charge is 0.391 e. The molecule has 0 aliphatic heterocycles. The Balaban J connectivity index is 1.80. The van der Waals surface area contributed by atoms with Crippen molar-refractivity contribution >= 4 is 0 Å². The number of hydrogen-bond donors (Lipinski definition) is 2. The van der Waals surface area contributed by atoms with Crippen LogP contribution in [0.25, 0.3) is 0 Å². The van der Waals surface area contributed by atoms with Crippen LogP contribution in [0.1, 0.15) is 18.1 Å². The summed E-state index contributed by atoms with van der Waals surface area (Å²) >= 11 is 0. The van der Waals surface area contributed by atoms with Gasteiger partial charge in [-0.15, -0.1) is 0 Å². The summed E-state index contributed by atoms with van der Waals surface area (Å²) < 4.78 is 2.03. The number of nitrogens with zero attached hydrogens (tertiary/aromatic N) is 1. The van der Waals surface area contributed by atoms with Crippen LogP contribution in [-0.2, 0) is 20.0 Å². The number of aromatic nitrogens is 1. The SMILES string of the molecule is CC(NCc1ccn(C)c1)C(O)Cc1ccccc1. The molecule has 2 unspecified atom stereocenters. The molecule has 0 saturated heterocycles. The third-order valence-electron chi connectivity index (χ3n) is 3.39. The maximum Gasteiger partial charge on any atom is 0.0730 e. The van der Waals surface area contributed by atoms with Gasteiger partial charge in [0.1, 0.15) is 0 Å². The van der Waals surface area contributed by atoms with Gasteiger partial charge in [-0.3, -0.25) is 0 Å². The number of aryl methyl sites for hydroxylation is 1. The number of hydrogen-bond acceptors (Lipinski definition) is 2. The van der Waals surface area contributed by atoms with Crippen molar-refractivity contribution in [2.75, 3.05) is 0 Å². The zero-order valence-electron chi connectivity index (χ0n) is 11.6. The molecule has 2 rings (SSSR count). The van der Waals surface area contributed by atoms with Gasteiger partial charge in [0, 0.05) is 32.0 Å². The lowest BCUT2D eigenvalue weighted by Gasteiger charge is -2.20. The molecule has 2 atom stereocenters. The molecule has 3 nitrogen and oxygen atoms in total. The van der Waals surface area contributed by atoms with Crippen LogP contribution in [0, 0.1) is 0 Å². The van der Waals surface area contributed by atoms with E-state index in [1.807, 2.05) is 55.1 Å². The summed E-state index contributed by atoms with van der Waals surface area (Å²) in [5.41, 5.74) is 2.41. The van der Waals surface area contributed by atoms with Gasteiger partial charge >= 0.3 is 0 Å². The third-order valence-corrected chi connectivity index (χ3v) is 3.39. The molecule has 3 heteroatoms. The predicted molar refractivity (Wildman–Crippen MR) is 77.9 cm³/mol. The average Bonchev–Trinajstić information content (AvgIpc) is 2.83. The zero-order valence-corrected chi connectivity index (χ0v) is 11.6. The topological polar surface area (TPSA) is 37.2 Å². The maximum atomic E-state index is 10.2. The van der Waals surface area contributed by atoms with E-state index in [0.717, 1.165) is 6.54 Å². The molecule has 0 bridgehead atoms. The highest BCUT2D eigenvalue weighted by Crippen LogP contribution is 2.07. The van der Waals surface area contributed by atoms with Crippen LogP contribution in [0.2, 0.25) is 0 Å². The van der Waals surface area contributed by atoms with E-state index in [9.17, 15) is 5.11 Å². The number of aliphatic hydroxyl groups is 1. The summed E-state index contributed by atoms with van der Waals surface area (Å²) in [6.07, 6.45) is 4.43. The summed E-state index contributed by atoms with van der Waals surface area (Å²) in [6.45, 7) is 2.81. The van der Waals surface area contributed by atoms with Gasteiger partial charge in [0.25, 0.3) is 0 Å². The minimum atomic E-state index is -0.369. The smallest absolute Gasteiger partial charge is 0.0730 e. The molecule has 0 radical (unpaired) electrons. The second-order valence-electron chi connectivity index (χ2n) is 5.11. The zero-order chi connectivity index (χ0) is 13.7. The predicted octanol–water partition coefficient (Wildman–Crippen LogP) is 2.11. The van der Waals surface area contributed by atoms with Crippen molar-refractivity contribution in [3.05, 3.63) is 59.9 Å². The van der Waals surface area contributed by atoms with E-state index in [2.05, 4.69) is 17.6 Å². The monoisotopic (exact) mass is 258 g/mol. The lowest BCUT2D eigenvalue weighted by atomic mass is 10.0. The van der Waals surface area contributed by atoms with Crippen molar-refractivity contribution in [1.82, 2.24) is 9.88 Å². The normalized spacial score (nSPS) is 14.3. The Labute approximate surface area is 114 Å². The molecule has 1 heterocycles. The molecule has 102 valence electrons. The molecule has 0 aliphatic carbocycles. The maximum absolute atomic E-state index is 10.2. The van der Waals surface area contributed by atoms with Crippen molar-refractivity contribution in [3.8, 4) is 0 Å². The Bertz CT molecular complexity index is 492. The van der Waals surface area contributed by atoms with Crippen LogP contribution in [0.5, 0.6) is 0 Å². The van der Waals surface area contributed by atoms with E-state index in [1.165, 1.54) is 11.1 Å². The van der Waals surface area contributed by atoms with Crippen LogP contribution < -0.4 is 5.32 Å². The standard InChI is InChI=1S/C16H22N2O/c1-13(17-11-15-8-9-18(2)12-15)16(19)10-14-6-4-3-5-7-14/h3-9,12-13,16-17,19H,10-11H2,1-2H3. The van der Waals surface area contributed by atoms with E-state index in [0.29, 0.717) is 6.42 Å². The van der Waals surface area contributed by atoms with Crippen molar-refractivity contribution < 1.29 is 5.11 Å². The Morgan fingerprint density at radius 2 is 1.89 bits per heavy atom. The Kier molecular flexibility index (Phi) is 4.77. The van der Waals surface area contributed by atoms with Crippen LogP contribution in [-0.4, -0.2) is 21.8 Å². The minimum absolute atomic E-state index is 0.0698. The molecule has 0 amide bonds. The van der Waals surface area contributed by atoms with Crippen molar-refractivity contribution in [1.29, 1.82) is 0 Å². The van der Waals surface area contributed by atoms with Gasteiger partial charge in [0.05, 0.1) is 6.10 Å². The van der Waals surface area contributed by atoms with E-state index in [4.69, 9.17) is 0 Å². The second kappa shape index (κ2) is 6.55. The first kappa shape index (κ1) is 13.8. The molecule has 0 saturated carbocycles. The van der Waals surface area contributed by atoms with Gasteiger partial charge in [-0.2, -0.15) is 0 Å². The van der Waals surface area contributed by atoms with E-state index in [-0.39, 0.29) is 12.1 Å². The van der Waals surface area contributed by atoms with Gasteiger partial charge < -0.3 is 15.0 Å². The first-order chi connectivity index (χ1) is 9.15. The van der Waals surface area contributed by atoms with E-state index >= 15 is 0 Å². The molecule has 0 aliphatic rings. The fourth-order valence-corrected chi connectivity index (χ4v) is 2.11. The lowest BCUT2D eigenvalue weighted by molar-refractivity contribution is 0.134. The molecule has 19 heavy (non-hydrogen) atoms. The Morgan fingerprint density at radius 3 is 2.53 bits per heavy atom. The Hall–Kier alpha value is -1.58. The lowest BCUT2D eigenvalue weighted by Crippen LogP contribution is -2.38. The minimum Gasteiger partial charge on any atom is -0.391 e. The summed E-state index contributed by atoms with van der Waals surface area (Å²) in [5, 5.41) is 13.6. The fourth-order valence-electron chi connectivity index (χ4n) is 2.11. The summed E-state index contributed by atoms with van der Waals surface area (Å²) in [6, 6.07) is 12.3. The molecular weight excluding hydrogens is 236 g/mol. The number of benzene rings is 1. The molecule has 0 fully saturated rings. The molecule has 1 aromatic heterocycles.